The number of rotatable bonds is 4. The first-order valence-electron chi connectivity index (χ1n) is 9.45. The standard InChI is InChI=1S/C21H21FN2O4S2/c1-16-6-9-20(22)21(14-16)30(27,28)24-12-10-23(11-13-24)29(25,26)19-8-7-17-4-2-3-5-18(17)15-19/h2-9,14-15H,10-13H2,1H3. The number of hydrogen-bond acceptors (Lipinski definition) is 4. The monoisotopic (exact) mass is 448 g/mol. The lowest BCUT2D eigenvalue weighted by Gasteiger charge is -2.33. The second kappa shape index (κ2) is 7.73. The quantitative estimate of drug-likeness (QED) is 0.615. The molecule has 0 radical (unpaired) electrons. The number of benzene rings is 3. The molecule has 1 heterocycles. The van der Waals surface area contributed by atoms with Crippen LogP contribution in [0.1, 0.15) is 5.56 Å². The Bertz CT molecular complexity index is 1320. The van der Waals surface area contributed by atoms with Crippen LogP contribution in [0.4, 0.5) is 4.39 Å². The molecule has 1 aliphatic heterocycles. The van der Waals surface area contributed by atoms with Crippen LogP contribution in [0, 0.1) is 12.7 Å². The van der Waals surface area contributed by atoms with Gasteiger partial charge in [-0.15, -0.1) is 0 Å². The predicted octanol–water partition coefficient (Wildman–Crippen LogP) is 2.98. The summed E-state index contributed by atoms with van der Waals surface area (Å²) in [4.78, 5) is -0.212. The van der Waals surface area contributed by atoms with Crippen molar-refractivity contribution < 1.29 is 21.2 Å². The third kappa shape index (κ3) is 3.74. The lowest BCUT2D eigenvalue weighted by Crippen LogP contribution is -2.50. The van der Waals surface area contributed by atoms with E-state index in [0.717, 1.165) is 21.1 Å². The fourth-order valence-corrected chi connectivity index (χ4v) is 6.60. The van der Waals surface area contributed by atoms with E-state index in [0.29, 0.717) is 5.56 Å². The Balaban J connectivity index is 1.55. The molecule has 0 aliphatic carbocycles. The number of hydrogen-bond donors (Lipinski definition) is 0. The summed E-state index contributed by atoms with van der Waals surface area (Å²) in [6.07, 6.45) is 0. The summed E-state index contributed by atoms with van der Waals surface area (Å²) in [6, 6.07) is 16.3. The normalized spacial score (nSPS) is 16.7. The van der Waals surface area contributed by atoms with Crippen molar-refractivity contribution in [2.75, 3.05) is 26.2 Å². The topological polar surface area (TPSA) is 74.8 Å². The summed E-state index contributed by atoms with van der Waals surface area (Å²) in [5, 5.41) is 1.75. The van der Waals surface area contributed by atoms with Gasteiger partial charge >= 0.3 is 0 Å². The first kappa shape index (κ1) is 20.9. The van der Waals surface area contributed by atoms with Crippen LogP contribution in [-0.2, 0) is 20.0 Å². The molecular weight excluding hydrogens is 427 g/mol. The Morgan fingerprint density at radius 2 is 1.33 bits per heavy atom. The minimum absolute atomic E-state index is 0.00181. The van der Waals surface area contributed by atoms with Gasteiger partial charge in [-0.1, -0.05) is 36.4 Å². The number of sulfonamides is 2. The lowest BCUT2D eigenvalue weighted by molar-refractivity contribution is 0.272. The van der Waals surface area contributed by atoms with Crippen molar-refractivity contribution in [1.29, 1.82) is 0 Å². The molecule has 1 aliphatic rings. The van der Waals surface area contributed by atoms with E-state index in [-0.39, 0.29) is 36.0 Å². The molecule has 1 fully saturated rings. The van der Waals surface area contributed by atoms with Gasteiger partial charge < -0.3 is 0 Å². The van der Waals surface area contributed by atoms with E-state index >= 15 is 0 Å². The molecule has 0 amide bonds. The van der Waals surface area contributed by atoms with E-state index in [9.17, 15) is 21.2 Å². The number of piperazine rings is 1. The Morgan fingerprint density at radius 1 is 0.733 bits per heavy atom. The molecule has 30 heavy (non-hydrogen) atoms. The fraction of sp³-hybridized carbons (Fsp3) is 0.238. The summed E-state index contributed by atoms with van der Waals surface area (Å²) >= 11 is 0. The highest BCUT2D eigenvalue weighted by Gasteiger charge is 2.35. The minimum Gasteiger partial charge on any atom is -0.207 e. The Kier molecular flexibility index (Phi) is 5.39. The molecule has 1 saturated heterocycles. The third-order valence-corrected chi connectivity index (χ3v) is 9.07. The summed E-state index contributed by atoms with van der Waals surface area (Å²) in [6.45, 7) is 1.61. The maximum atomic E-state index is 14.1. The number of halogens is 1. The zero-order chi connectivity index (χ0) is 21.5. The van der Waals surface area contributed by atoms with E-state index in [1.165, 1.54) is 16.4 Å². The third-order valence-electron chi connectivity index (χ3n) is 5.26. The zero-order valence-electron chi connectivity index (χ0n) is 16.3. The highest BCUT2D eigenvalue weighted by Crippen LogP contribution is 2.25. The van der Waals surface area contributed by atoms with Crippen molar-refractivity contribution in [1.82, 2.24) is 8.61 Å². The molecule has 0 atom stereocenters. The van der Waals surface area contributed by atoms with Gasteiger partial charge in [0.1, 0.15) is 10.7 Å². The number of nitrogens with zero attached hydrogens (tertiary/aromatic N) is 2. The molecule has 6 nitrogen and oxygen atoms in total. The Hall–Kier alpha value is -2.33. The van der Waals surface area contributed by atoms with Crippen LogP contribution in [-0.4, -0.2) is 51.6 Å². The van der Waals surface area contributed by atoms with Crippen LogP contribution in [0.2, 0.25) is 0 Å². The molecule has 0 N–H and O–H groups in total. The molecule has 9 heteroatoms. The van der Waals surface area contributed by atoms with Crippen LogP contribution in [0.15, 0.2) is 70.5 Å². The van der Waals surface area contributed by atoms with Gasteiger partial charge in [0.05, 0.1) is 4.90 Å². The van der Waals surface area contributed by atoms with E-state index in [4.69, 9.17) is 0 Å². The molecule has 0 spiro atoms. The molecule has 0 unspecified atom stereocenters. The van der Waals surface area contributed by atoms with Gasteiger partial charge in [-0.3, -0.25) is 0 Å². The zero-order valence-corrected chi connectivity index (χ0v) is 18.0. The van der Waals surface area contributed by atoms with Gasteiger partial charge in [-0.05, 0) is 47.5 Å². The highest BCUT2D eigenvalue weighted by atomic mass is 32.2. The minimum atomic E-state index is -4.04. The van der Waals surface area contributed by atoms with Crippen molar-refractivity contribution >= 4 is 30.8 Å². The van der Waals surface area contributed by atoms with Gasteiger partial charge in [0.15, 0.2) is 0 Å². The van der Waals surface area contributed by atoms with Gasteiger partial charge in [-0.2, -0.15) is 8.61 Å². The van der Waals surface area contributed by atoms with E-state index in [2.05, 4.69) is 0 Å². The van der Waals surface area contributed by atoms with Crippen LogP contribution in [0.5, 0.6) is 0 Å². The predicted molar refractivity (Wildman–Crippen MR) is 113 cm³/mol. The van der Waals surface area contributed by atoms with Gasteiger partial charge in [-0.25, -0.2) is 21.2 Å². The summed E-state index contributed by atoms with van der Waals surface area (Å²) in [7, 11) is -7.80. The molecule has 158 valence electrons. The Morgan fingerprint density at radius 3 is 2.00 bits per heavy atom. The van der Waals surface area contributed by atoms with Gasteiger partial charge in [0.25, 0.3) is 0 Å². The van der Waals surface area contributed by atoms with E-state index in [1.807, 2.05) is 24.3 Å². The van der Waals surface area contributed by atoms with E-state index in [1.54, 1.807) is 25.1 Å². The van der Waals surface area contributed by atoms with Crippen LogP contribution >= 0.6 is 0 Å². The average Bonchev–Trinajstić information content (AvgIpc) is 2.75. The smallest absolute Gasteiger partial charge is 0.207 e. The average molecular weight is 449 g/mol. The summed E-state index contributed by atoms with van der Waals surface area (Å²) in [5.74, 6) is -0.813. The molecule has 0 saturated carbocycles. The first-order chi connectivity index (χ1) is 14.2. The van der Waals surface area contributed by atoms with Crippen molar-refractivity contribution in [3.05, 3.63) is 72.0 Å². The number of aryl methyl sites for hydroxylation is 1. The highest BCUT2D eigenvalue weighted by molar-refractivity contribution is 7.89. The summed E-state index contributed by atoms with van der Waals surface area (Å²) in [5.41, 5.74) is 0.632. The van der Waals surface area contributed by atoms with Crippen molar-refractivity contribution in [2.24, 2.45) is 0 Å². The van der Waals surface area contributed by atoms with E-state index < -0.39 is 25.9 Å². The largest absolute Gasteiger partial charge is 0.246 e. The second-order valence-corrected chi connectivity index (χ2v) is 11.1. The molecule has 3 aromatic carbocycles. The second-order valence-electron chi connectivity index (χ2n) is 7.25. The number of fused-ring (bicyclic) bond motifs is 1. The maximum Gasteiger partial charge on any atom is 0.246 e. The SMILES string of the molecule is Cc1ccc(F)c(S(=O)(=O)N2CCN(S(=O)(=O)c3ccc4ccccc4c3)CC2)c1. The molecular formula is C21H21FN2O4S2. The summed E-state index contributed by atoms with van der Waals surface area (Å²) < 4.78 is 68.3. The van der Waals surface area contributed by atoms with Crippen molar-refractivity contribution in [3.63, 3.8) is 0 Å². The van der Waals surface area contributed by atoms with Crippen LogP contribution < -0.4 is 0 Å². The van der Waals surface area contributed by atoms with Gasteiger partial charge in [0, 0.05) is 26.2 Å². The maximum absolute atomic E-state index is 14.1. The molecule has 3 aromatic rings. The molecule has 0 bridgehead atoms. The van der Waals surface area contributed by atoms with Crippen molar-refractivity contribution in [3.8, 4) is 0 Å². The molecule has 4 rings (SSSR count). The fourth-order valence-electron chi connectivity index (χ4n) is 3.57. The van der Waals surface area contributed by atoms with Crippen LogP contribution in [0.25, 0.3) is 10.8 Å². The first-order valence-corrected chi connectivity index (χ1v) is 12.3. The Labute approximate surface area is 175 Å². The van der Waals surface area contributed by atoms with Crippen molar-refractivity contribution in [2.45, 2.75) is 16.7 Å². The van der Waals surface area contributed by atoms with Gasteiger partial charge in [0.2, 0.25) is 20.0 Å². The van der Waals surface area contributed by atoms with Crippen LogP contribution in [0.3, 0.4) is 0 Å². The molecule has 0 aromatic heterocycles. The lowest BCUT2D eigenvalue weighted by atomic mass is 10.1.